The highest BCUT2D eigenvalue weighted by atomic mass is 16.6. The first-order chi connectivity index (χ1) is 8.36. The number of carbonyl (C=O) groups is 1. The third-order valence-electron chi connectivity index (χ3n) is 2.57. The summed E-state index contributed by atoms with van der Waals surface area (Å²) in [5, 5.41) is 39.8. The molecule has 1 amide bonds. The molecular weight excluding hydrogens is 242 g/mol. The summed E-state index contributed by atoms with van der Waals surface area (Å²) in [4.78, 5) is 11.4. The number of allylic oxidation sites excluding steroid dienone is 1. The number of rotatable bonds is 4. The summed E-state index contributed by atoms with van der Waals surface area (Å²) in [6.07, 6.45) is -4.98. The monoisotopic (exact) mass is 261 g/mol. The van der Waals surface area contributed by atoms with Crippen molar-refractivity contribution in [3.8, 4) is 0 Å². The van der Waals surface area contributed by atoms with Crippen LogP contribution in [-0.2, 0) is 9.53 Å². The van der Waals surface area contributed by atoms with Gasteiger partial charge in [0, 0.05) is 6.08 Å². The van der Waals surface area contributed by atoms with Crippen molar-refractivity contribution in [1.29, 1.82) is 0 Å². The first-order valence-electron chi connectivity index (χ1n) is 5.62. The minimum atomic E-state index is -1.37. The lowest BCUT2D eigenvalue weighted by atomic mass is 10.1. The molecule has 0 aromatic rings. The maximum Gasteiger partial charge on any atom is 0.245 e. The van der Waals surface area contributed by atoms with Gasteiger partial charge in [0.25, 0.3) is 0 Å². The molecule has 0 radical (unpaired) electrons. The second kappa shape index (κ2) is 6.26. The van der Waals surface area contributed by atoms with E-state index in [-0.39, 0.29) is 0 Å². The average Bonchev–Trinajstić information content (AvgIpc) is 2.55. The summed E-state index contributed by atoms with van der Waals surface area (Å²) in [5.41, 5.74) is 0.771. The van der Waals surface area contributed by atoms with Crippen molar-refractivity contribution in [3.05, 3.63) is 11.6 Å². The Bertz CT molecular complexity index is 327. The van der Waals surface area contributed by atoms with Crippen molar-refractivity contribution in [2.75, 3.05) is 6.61 Å². The molecule has 1 saturated heterocycles. The molecule has 0 bridgehead atoms. The molecule has 0 spiro atoms. The Morgan fingerprint density at radius 2 is 2.00 bits per heavy atom. The van der Waals surface area contributed by atoms with Crippen LogP contribution in [0.15, 0.2) is 11.6 Å². The zero-order chi connectivity index (χ0) is 13.9. The Hall–Kier alpha value is -0.990. The maximum absolute atomic E-state index is 11.4. The van der Waals surface area contributed by atoms with E-state index in [1.807, 2.05) is 0 Å². The lowest BCUT2D eigenvalue weighted by Gasteiger charge is -2.18. The molecule has 1 aliphatic rings. The number of amides is 1. The van der Waals surface area contributed by atoms with Crippen LogP contribution in [0.25, 0.3) is 0 Å². The van der Waals surface area contributed by atoms with Gasteiger partial charge in [-0.3, -0.25) is 4.79 Å². The van der Waals surface area contributed by atoms with Gasteiger partial charge in [0.15, 0.2) is 6.23 Å². The molecule has 18 heavy (non-hydrogen) atoms. The van der Waals surface area contributed by atoms with Crippen LogP contribution in [-0.4, -0.2) is 63.6 Å². The molecule has 104 valence electrons. The highest BCUT2D eigenvalue weighted by Crippen LogP contribution is 2.22. The molecule has 1 fully saturated rings. The Balaban J connectivity index is 2.64. The van der Waals surface area contributed by atoms with Gasteiger partial charge in [-0.25, -0.2) is 0 Å². The second-order valence-corrected chi connectivity index (χ2v) is 4.48. The molecule has 0 aromatic heterocycles. The SMILES string of the molecule is CC(C)=CC(=O)N[C@H]1O[C@@H]([C@H](O)CO)[C@H](O)[C@H]1O. The predicted molar refractivity (Wildman–Crippen MR) is 61.3 cm³/mol. The van der Waals surface area contributed by atoms with Crippen LogP contribution >= 0.6 is 0 Å². The van der Waals surface area contributed by atoms with Gasteiger partial charge in [-0.2, -0.15) is 0 Å². The molecule has 5 atom stereocenters. The maximum atomic E-state index is 11.4. The molecule has 0 saturated carbocycles. The smallest absolute Gasteiger partial charge is 0.245 e. The molecule has 0 aromatic carbocycles. The zero-order valence-electron chi connectivity index (χ0n) is 10.3. The van der Waals surface area contributed by atoms with Gasteiger partial charge in [0.05, 0.1) is 6.61 Å². The minimum Gasteiger partial charge on any atom is -0.394 e. The van der Waals surface area contributed by atoms with E-state index < -0.39 is 43.2 Å². The topological polar surface area (TPSA) is 119 Å². The van der Waals surface area contributed by atoms with Crippen molar-refractivity contribution in [2.45, 2.75) is 44.5 Å². The van der Waals surface area contributed by atoms with Crippen LogP contribution in [0.3, 0.4) is 0 Å². The summed E-state index contributed by atoms with van der Waals surface area (Å²) < 4.78 is 5.12. The molecule has 1 heterocycles. The molecule has 0 aliphatic carbocycles. The van der Waals surface area contributed by atoms with Crippen molar-refractivity contribution < 1.29 is 30.0 Å². The van der Waals surface area contributed by atoms with E-state index in [9.17, 15) is 20.1 Å². The highest BCUT2D eigenvalue weighted by Gasteiger charge is 2.46. The molecule has 7 nitrogen and oxygen atoms in total. The van der Waals surface area contributed by atoms with E-state index in [1.54, 1.807) is 13.8 Å². The summed E-state index contributed by atoms with van der Waals surface area (Å²) in [6, 6.07) is 0. The summed E-state index contributed by atoms with van der Waals surface area (Å²) in [6.45, 7) is 2.86. The van der Waals surface area contributed by atoms with Crippen LogP contribution in [0.1, 0.15) is 13.8 Å². The normalized spacial score (nSPS) is 33.0. The fourth-order valence-electron chi connectivity index (χ4n) is 1.69. The molecule has 1 rings (SSSR count). The van der Waals surface area contributed by atoms with Crippen molar-refractivity contribution >= 4 is 5.91 Å². The van der Waals surface area contributed by atoms with Gasteiger partial charge < -0.3 is 30.5 Å². The Kier molecular flexibility index (Phi) is 5.24. The van der Waals surface area contributed by atoms with Gasteiger partial charge in [0.2, 0.25) is 5.91 Å². The van der Waals surface area contributed by atoms with Crippen molar-refractivity contribution in [3.63, 3.8) is 0 Å². The lowest BCUT2D eigenvalue weighted by Crippen LogP contribution is -2.43. The van der Waals surface area contributed by atoms with Gasteiger partial charge in [-0.15, -0.1) is 0 Å². The number of ether oxygens (including phenoxy) is 1. The second-order valence-electron chi connectivity index (χ2n) is 4.48. The number of aliphatic hydroxyl groups is 4. The van der Waals surface area contributed by atoms with E-state index >= 15 is 0 Å². The minimum absolute atomic E-state index is 0.467. The van der Waals surface area contributed by atoms with Crippen LogP contribution in [0, 0.1) is 0 Å². The van der Waals surface area contributed by atoms with E-state index in [1.165, 1.54) is 6.08 Å². The first kappa shape index (κ1) is 15.1. The van der Waals surface area contributed by atoms with E-state index in [0.29, 0.717) is 0 Å². The zero-order valence-corrected chi connectivity index (χ0v) is 10.3. The standard InChI is InChI=1S/C11H19NO6/c1-5(2)3-7(15)12-11-9(17)8(16)10(18-11)6(14)4-13/h3,6,8-11,13-14,16-17H,4H2,1-2H3,(H,12,15)/t6-,8-,9-,10+,11+/m1/s1. The van der Waals surface area contributed by atoms with Gasteiger partial charge in [-0.05, 0) is 13.8 Å². The summed E-state index contributed by atoms with van der Waals surface area (Å²) >= 11 is 0. The quantitative estimate of drug-likeness (QED) is 0.369. The highest BCUT2D eigenvalue weighted by molar-refractivity contribution is 5.88. The third kappa shape index (κ3) is 3.50. The van der Waals surface area contributed by atoms with E-state index in [0.717, 1.165) is 5.57 Å². The van der Waals surface area contributed by atoms with Gasteiger partial charge in [-0.1, -0.05) is 5.57 Å². The van der Waals surface area contributed by atoms with Crippen LogP contribution in [0.2, 0.25) is 0 Å². The third-order valence-corrected chi connectivity index (χ3v) is 2.57. The van der Waals surface area contributed by atoms with Crippen molar-refractivity contribution in [1.82, 2.24) is 5.32 Å². The van der Waals surface area contributed by atoms with E-state index in [2.05, 4.69) is 5.32 Å². The Morgan fingerprint density at radius 3 is 2.50 bits per heavy atom. The summed E-state index contributed by atoms with van der Waals surface area (Å²) in [5.74, 6) is -0.467. The first-order valence-corrected chi connectivity index (χ1v) is 5.62. The summed E-state index contributed by atoms with van der Waals surface area (Å²) in [7, 11) is 0. The molecule has 7 heteroatoms. The number of aliphatic hydroxyl groups excluding tert-OH is 4. The van der Waals surface area contributed by atoms with Gasteiger partial charge in [0.1, 0.15) is 24.4 Å². The van der Waals surface area contributed by atoms with Gasteiger partial charge >= 0.3 is 0 Å². The average molecular weight is 261 g/mol. The van der Waals surface area contributed by atoms with E-state index in [4.69, 9.17) is 9.84 Å². The lowest BCUT2D eigenvalue weighted by molar-refractivity contribution is -0.125. The van der Waals surface area contributed by atoms with Crippen LogP contribution in [0.5, 0.6) is 0 Å². The number of carbonyl (C=O) groups excluding carboxylic acids is 1. The Labute approximate surface area is 105 Å². The largest absolute Gasteiger partial charge is 0.394 e. The van der Waals surface area contributed by atoms with Crippen LogP contribution in [0.4, 0.5) is 0 Å². The number of hydrogen-bond acceptors (Lipinski definition) is 6. The number of hydrogen-bond donors (Lipinski definition) is 5. The Morgan fingerprint density at radius 1 is 1.39 bits per heavy atom. The molecule has 0 unspecified atom stereocenters. The molecule has 1 aliphatic heterocycles. The fraction of sp³-hybridized carbons (Fsp3) is 0.727. The molecular formula is C11H19NO6. The number of nitrogens with one attached hydrogen (secondary N) is 1. The molecule has 5 N–H and O–H groups in total. The fourth-order valence-corrected chi connectivity index (χ4v) is 1.69. The van der Waals surface area contributed by atoms with Crippen molar-refractivity contribution in [2.24, 2.45) is 0 Å². The predicted octanol–water partition coefficient (Wildman–Crippen LogP) is -2.13. The van der Waals surface area contributed by atoms with Crippen LogP contribution < -0.4 is 5.32 Å².